The third-order valence-electron chi connectivity index (χ3n) is 4.03. The average Bonchev–Trinajstić information content (AvgIpc) is 2.83. The van der Waals surface area contributed by atoms with Crippen molar-refractivity contribution in [2.24, 2.45) is 0 Å². The van der Waals surface area contributed by atoms with Crippen LogP contribution >= 0.6 is 11.6 Å². The number of hydrogen-bond donors (Lipinski definition) is 1. The molecule has 1 N–H and O–H groups in total. The van der Waals surface area contributed by atoms with Gasteiger partial charge in [-0.15, -0.1) is 0 Å². The Bertz CT molecular complexity index is 413. The molecule has 1 aliphatic carbocycles. The zero-order valence-electron chi connectivity index (χ0n) is 10.2. The highest BCUT2D eigenvalue weighted by atomic mass is 35.5. The van der Waals surface area contributed by atoms with E-state index < -0.39 is 11.4 Å². The Hall–Kier alpha value is -0.610. The number of halogens is 1. The Morgan fingerprint density at radius 3 is 2.06 bits per heavy atom. The summed E-state index contributed by atoms with van der Waals surface area (Å²) in [6, 6.07) is 7.44. The predicted molar refractivity (Wildman–Crippen MR) is 68.5 cm³/mol. The topological polar surface area (TPSA) is 38.7 Å². The number of hydrogen-bond acceptors (Lipinski definition) is 3. The summed E-state index contributed by atoms with van der Waals surface area (Å²) < 4.78 is 11.4. The van der Waals surface area contributed by atoms with Crippen molar-refractivity contribution in [2.45, 2.75) is 37.1 Å². The van der Waals surface area contributed by atoms with Gasteiger partial charge < -0.3 is 14.6 Å². The van der Waals surface area contributed by atoms with Gasteiger partial charge in [0.2, 0.25) is 0 Å². The molecule has 1 spiro atoms. The van der Waals surface area contributed by atoms with E-state index in [2.05, 4.69) is 0 Å². The molecule has 2 aliphatic rings. The highest BCUT2D eigenvalue weighted by Crippen LogP contribution is 2.44. The maximum atomic E-state index is 10.7. The van der Waals surface area contributed by atoms with Crippen LogP contribution in [0.1, 0.15) is 31.2 Å². The van der Waals surface area contributed by atoms with Crippen LogP contribution in [0, 0.1) is 0 Å². The number of benzene rings is 1. The van der Waals surface area contributed by atoms with E-state index in [0.717, 1.165) is 18.4 Å². The third-order valence-corrected chi connectivity index (χ3v) is 4.29. The lowest BCUT2D eigenvalue weighted by Gasteiger charge is -2.40. The summed E-state index contributed by atoms with van der Waals surface area (Å²) in [5.41, 5.74) is 0.158. The second-order valence-electron chi connectivity index (χ2n) is 5.15. The molecule has 1 aromatic rings. The summed E-state index contributed by atoms with van der Waals surface area (Å²) in [4.78, 5) is 0. The van der Waals surface area contributed by atoms with Crippen LogP contribution in [0.3, 0.4) is 0 Å². The zero-order chi connectivity index (χ0) is 12.6. The largest absolute Gasteiger partial charge is 0.385 e. The van der Waals surface area contributed by atoms with Crippen molar-refractivity contribution in [1.82, 2.24) is 0 Å². The maximum absolute atomic E-state index is 10.7. The van der Waals surface area contributed by atoms with Gasteiger partial charge >= 0.3 is 0 Å². The summed E-state index contributed by atoms with van der Waals surface area (Å²) in [5.74, 6) is -0.432. The minimum absolute atomic E-state index is 0.432. The molecule has 3 rings (SSSR count). The summed E-state index contributed by atoms with van der Waals surface area (Å²) in [6.07, 6.45) is 2.81. The Kier molecular flexibility index (Phi) is 3.10. The minimum Gasteiger partial charge on any atom is -0.385 e. The van der Waals surface area contributed by atoms with Crippen molar-refractivity contribution in [3.63, 3.8) is 0 Å². The van der Waals surface area contributed by atoms with Crippen LogP contribution in [0.25, 0.3) is 0 Å². The molecule has 0 bridgehead atoms. The molecule has 98 valence electrons. The summed E-state index contributed by atoms with van der Waals surface area (Å²) >= 11 is 5.87. The first kappa shape index (κ1) is 12.4. The van der Waals surface area contributed by atoms with Gasteiger partial charge in [0.1, 0.15) is 0 Å². The Balaban J connectivity index is 1.75. The number of aliphatic hydroxyl groups is 1. The minimum atomic E-state index is -0.773. The van der Waals surface area contributed by atoms with Crippen molar-refractivity contribution in [3.8, 4) is 0 Å². The quantitative estimate of drug-likeness (QED) is 0.851. The van der Waals surface area contributed by atoms with E-state index >= 15 is 0 Å². The SMILES string of the molecule is OC1(c2ccc(Cl)cc2)CCC2(CC1)OCCO2. The van der Waals surface area contributed by atoms with E-state index in [9.17, 15) is 5.11 Å². The van der Waals surface area contributed by atoms with Gasteiger partial charge in [0.15, 0.2) is 5.79 Å². The normalized spacial score (nSPS) is 25.4. The smallest absolute Gasteiger partial charge is 0.168 e. The van der Waals surface area contributed by atoms with Crippen LogP contribution in [0.4, 0.5) is 0 Å². The molecular formula is C14H17ClO3. The van der Waals surface area contributed by atoms with Gasteiger partial charge in [0.25, 0.3) is 0 Å². The van der Waals surface area contributed by atoms with Gasteiger partial charge in [-0.25, -0.2) is 0 Å². The molecule has 1 saturated heterocycles. The van der Waals surface area contributed by atoms with Crippen LogP contribution in [-0.4, -0.2) is 24.1 Å². The van der Waals surface area contributed by atoms with Gasteiger partial charge in [-0.3, -0.25) is 0 Å². The first-order valence-electron chi connectivity index (χ1n) is 6.38. The van der Waals surface area contributed by atoms with Crippen molar-refractivity contribution in [1.29, 1.82) is 0 Å². The van der Waals surface area contributed by atoms with Crippen LogP contribution < -0.4 is 0 Å². The Morgan fingerprint density at radius 2 is 1.50 bits per heavy atom. The fourth-order valence-electron chi connectivity index (χ4n) is 2.88. The lowest BCUT2D eigenvalue weighted by atomic mass is 9.77. The second kappa shape index (κ2) is 4.49. The first-order valence-corrected chi connectivity index (χ1v) is 6.76. The molecule has 2 fully saturated rings. The zero-order valence-corrected chi connectivity index (χ0v) is 10.9. The van der Waals surface area contributed by atoms with Crippen molar-refractivity contribution < 1.29 is 14.6 Å². The lowest BCUT2D eigenvalue weighted by Crippen LogP contribution is -2.42. The highest BCUT2D eigenvalue weighted by molar-refractivity contribution is 6.30. The summed E-state index contributed by atoms with van der Waals surface area (Å²) in [6.45, 7) is 1.33. The third kappa shape index (κ3) is 2.16. The van der Waals surface area contributed by atoms with Crippen molar-refractivity contribution >= 4 is 11.6 Å². The fourth-order valence-corrected chi connectivity index (χ4v) is 3.00. The molecule has 1 aromatic carbocycles. The van der Waals surface area contributed by atoms with Gasteiger partial charge in [-0.2, -0.15) is 0 Å². The van der Waals surface area contributed by atoms with E-state index in [1.807, 2.05) is 24.3 Å². The molecular weight excluding hydrogens is 252 g/mol. The van der Waals surface area contributed by atoms with Crippen LogP contribution in [0.2, 0.25) is 5.02 Å². The van der Waals surface area contributed by atoms with E-state index in [0.29, 0.717) is 31.1 Å². The van der Waals surface area contributed by atoms with Crippen molar-refractivity contribution in [2.75, 3.05) is 13.2 Å². The van der Waals surface area contributed by atoms with Gasteiger partial charge in [0.05, 0.1) is 18.8 Å². The summed E-state index contributed by atoms with van der Waals surface area (Å²) in [5, 5.41) is 11.4. The molecule has 1 heterocycles. The molecule has 0 aromatic heterocycles. The average molecular weight is 269 g/mol. The van der Waals surface area contributed by atoms with Crippen molar-refractivity contribution in [3.05, 3.63) is 34.9 Å². The highest BCUT2D eigenvalue weighted by Gasteiger charge is 2.46. The first-order chi connectivity index (χ1) is 8.62. The molecule has 1 saturated carbocycles. The van der Waals surface area contributed by atoms with E-state index in [-0.39, 0.29) is 0 Å². The number of rotatable bonds is 1. The van der Waals surface area contributed by atoms with E-state index in [1.54, 1.807) is 0 Å². The summed E-state index contributed by atoms with van der Waals surface area (Å²) in [7, 11) is 0. The monoisotopic (exact) mass is 268 g/mol. The molecule has 0 amide bonds. The van der Waals surface area contributed by atoms with E-state index in [4.69, 9.17) is 21.1 Å². The predicted octanol–water partition coefficient (Wildman–Crippen LogP) is 2.84. The number of ether oxygens (including phenoxy) is 2. The Morgan fingerprint density at radius 1 is 0.944 bits per heavy atom. The van der Waals surface area contributed by atoms with Crippen LogP contribution in [0.15, 0.2) is 24.3 Å². The lowest BCUT2D eigenvalue weighted by molar-refractivity contribution is -0.204. The Labute approximate surface area is 112 Å². The van der Waals surface area contributed by atoms with Gasteiger partial charge in [0, 0.05) is 17.9 Å². The van der Waals surface area contributed by atoms with Gasteiger partial charge in [-0.05, 0) is 30.5 Å². The molecule has 3 nitrogen and oxygen atoms in total. The molecule has 18 heavy (non-hydrogen) atoms. The molecule has 0 unspecified atom stereocenters. The molecule has 0 atom stereocenters. The standard InChI is InChI=1S/C14H17ClO3/c15-12-3-1-11(2-4-12)13(16)5-7-14(8-6-13)17-9-10-18-14/h1-4,16H,5-10H2. The maximum Gasteiger partial charge on any atom is 0.168 e. The van der Waals surface area contributed by atoms with E-state index in [1.165, 1.54) is 0 Å². The molecule has 0 radical (unpaired) electrons. The van der Waals surface area contributed by atoms with Gasteiger partial charge in [-0.1, -0.05) is 23.7 Å². The van der Waals surface area contributed by atoms with Crippen LogP contribution in [0.5, 0.6) is 0 Å². The van der Waals surface area contributed by atoms with Crippen LogP contribution in [-0.2, 0) is 15.1 Å². The molecule has 4 heteroatoms. The second-order valence-corrected chi connectivity index (χ2v) is 5.58. The fraction of sp³-hybridized carbons (Fsp3) is 0.571. The molecule has 1 aliphatic heterocycles.